The minimum absolute atomic E-state index is 0.645. The van der Waals surface area contributed by atoms with Gasteiger partial charge in [-0.1, -0.05) is 158 Å². The Kier molecular flexibility index (Phi) is 7.78. The SMILES string of the molecule is C1=CN(c2ccccc2)c2c3c1cccc3cc1c3c(-c4ccc5c(-c6nc(-c7ccccc7)nc(-c7ccccc7)n6)cccc5c4)cccc3n(-c3ccccc3)c21. The van der Waals surface area contributed by atoms with Crippen LogP contribution in [0.25, 0.3) is 100 Å². The molecule has 2 aromatic heterocycles. The van der Waals surface area contributed by atoms with E-state index >= 15 is 0 Å². The van der Waals surface area contributed by atoms with Crippen molar-refractivity contribution in [1.82, 2.24) is 19.5 Å². The number of nitrogens with zero attached hydrogens (tertiary/aromatic N) is 5. The van der Waals surface area contributed by atoms with Crippen molar-refractivity contribution in [2.45, 2.75) is 0 Å². The fourth-order valence-electron chi connectivity index (χ4n) is 9.07. The minimum atomic E-state index is 0.645. The molecule has 60 heavy (non-hydrogen) atoms. The van der Waals surface area contributed by atoms with Crippen LogP contribution >= 0.6 is 0 Å². The van der Waals surface area contributed by atoms with Gasteiger partial charge in [-0.05, 0) is 81.4 Å². The van der Waals surface area contributed by atoms with Gasteiger partial charge in [0.1, 0.15) is 0 Å². The summed E-state index contributed by atoms with van der Waals surface area (Å²) < 4.78 is 2.46. The van der Waals surface area contributed by atoms with Crippen molar-refractivity contribution < 1.29 is 0 Å². The Morgan fingerprint density at radius 3 is 1.70 bits per heavy atom. The van der Waals surface area contributed by atoms with Crippen molar-refractivity contribution >= 4 is 60.8 Å². The predicted molar refractivity (Wildman–Crippen MR) is 249 cm³/mol. The number of fused-ring (bicyclic) bond motifs is 5. The smallest absolute Gasteiger partial charge is 0.164 e. The van der Waals surface area contributed by atoms with Gasteiger partial charge in [-0.15, -0.1) is 0 Å². The lowest BCUT2D eigenvalue weighted by Gasteiger charge is -2.28. The minimum Gasteiger partial charge on any atom is -0.315 e. The molecule has 1 aliphatic heterocycles. The zero-order chi connectivity index (χ0) is 39.6. The molecule has 0 spiro atoms. The quantitative estimate of drug-likeness (QED) is 0.169. The first-order valence-electron chi connectivity index (χ1n) is 20.3. The van der Waals surface area contributed by atoms with Crippen molar-refractivity contribution in [2.75, 3.05) is 4.90 Å². The molecule has 5 nitrogen and oxygen atoms in total. The lowest BCUT2D eigenvalue weighted by atomic mass is 9.93. The zero-order valence-electron chi connectivity index (χ0n) is 32.4. The van der Waals surface area contributed by atoms with Gasteiger partial charge in [-0.25, -0.2) is 15.0 Å². The van der Waals surface area contributed by atoms with Crippen LogP contribution in [0.3, 0.4) is 0 Å². The summed E-state index contributed by atoms with van der Waals surface area (Å²) in [6, 6.07) is 70.8. The van der Waals surface area contributed by atoms with Gasteiger partial charge in [0.25, 0.3) is 0 Å². The largest absolute Gasteiger partial charge is 0.315 e. The van der Waals surface area contributed by atoms with E-state index in [9.17, 15) is 0 Å². The third kappa shape index (κ3) is 5.44. The molecule has 1 aliphatic rings. The Morgan fingerprint density at radius 1 is 0.383 bits per heavy atom. The molecule has 0 saturated carbocycles. The van der Waals surface area contributed by atoms with Crippen molar-refractivity contribution in [3.63, 3.8) is 0 Å². The van der Waals surface area contributed by atoms with Crippen LogP contribution in [-0.2, 0) is 0 Å². The molecular formula is C55H35N5. The van der Waals surface area contributed by atoms with E-state index in [1.54, 1.807) is 0 Å². The molecule has 3 heterocycles. The first-order chi connectivity index (χ1) is 29.8. The number of hydrogen-bond donors (Lipinski definition) is 0. The second-order valence-corrected chi connectivity index (χ2v) is 15.2. The Balaban J connectivity index is 1.09. The molecule has 0 bridgehead atoms. The fraction of sp³-hybridized carbons (Fsp3) is 0. The van der Waals surface area contributed by atoms with Crippen molar-refractivity contribution in [2.24, 2.45) is 0 Å². The number of para-hydroxylation sites is 2. The summed E-state index contributed by atoms with van der Waals surface area (Å²) in [6.45, 7) is 0. The van der Waals surface area contributed by atoms with Crippen LogP contribution < -0.4 is 4.90 Å². The Morgan fingerprint density at radius 2 is 0.983 bits per heavy atom. The summed E-state index contributed by atoms with van der Waals surface area (Å²) >= 11 is 0. The maximum Gasteiger partial charge on any atom is 0.164 e. The molecule has 280 valence electrons. The van der Waals surface area contributed by atoms with Crippen molar-refractivity contribution in [3.05, 3.63) is 212 Å². The van der Waals surface area contributed by atoms with Crippen LogP contribution in [0.5, 0.6) is 0 Å². The molecule has 12 rings (SSSR count). The maximum atomic E-state index is 5.08. The normalized spacial score (nSPS) is 12.2. The monoisotopic (exact) mass is 765 g/mol. The molecule has 5 heteroatoms. The van der Waals surface area contributed by atoms with E-state index in [-0.39, 0.29) is 0 Å². The van der Waals surface area contributed by atoms with Crippen LogP contribution in [0.4, 0.5) is 11.4 Å². The molecule has 0 aliphatic carbocycles. The van der Waals surface area contributed by atoms with E-state index in [0.29, 0.717) is 17.5 Å². The van der Waals surface area contributed by atoms with Crippen LogP contribution in [0.1, 0.15) is 5.56 Å². The Labute approximate surface area is 346 Å². The average molecular weight is 766 g/mol. The summed E-state index contributed by atoms with van der Waals surface area (Å²) in [5.41, 5.74) is 12.2. The molecule has 0 N–H and O–H groups in total. The van der Waals surface area contributed by atoms with Gasteiger partial charge in [0, 0.05) is 50.4 Å². The summed E-state index contributed by atoms with van der Waals surface area (Å²) in [5, 5.41) is 7.09. The number of anilines is 2. The highest BCUT2D eigenvalue weighted by atomic mass is 15.1. The molecule has 0 radical (unpaired) electrons. The molecule has 0 atom stereocenters. The van der Waals surface area contributed by atoms with Gasteiger partial charge in [-0.2, -0.15) is 0 Å². The number of rotatable bonds is 6. The van der Waals surface area contributed by atoms with E-state index in [0.717, 1.165) is 49.9 Å². The van der Waals surface area contributed by atoms with Gasteiger partial charge in [0.2, 0.25) is 0 Å². The van der Waals surface area contributed by atoms with Gasteiger partial charge < -0.3 is 9.47 Å². The maximum absolute atomic E-state index is 5.08. The summed E-state index contributed by atoms with van der Waals surface area (Å²) in [6.07, 6.45) is 4.46. The molecular weight excluding hydrogens is 731 g/mol. The van der Waals surface area contributed by atoms with Crippen molar-refractivity contribution in [3.8, 4) is 51.0 Å². The summed E-state index contributed by atoms with van der Waals surface area (Å²) in [4.78, 5) is 17.5. The first-order valence-corrected chi connectivity index (χ1v) is 20.3. The fourth-order valence-corrected chi connectivity index (χ4v) is 9.07. The highest BCUT2D eigenvalue weighted by Crippen LogP contribution is 2.49. The molecule has 11 aromatic rings. The third-order valence-electron chi connectivity index (χ3n) is 11.7. The molecule has 9 aromatic carbocycles. The highest BCUT2D eigenvalue weighted by Gasteiger charge is 2.26. The van der Waals surface area contributed by atoms with Gasteiger partial charge in [0.15, 0.2) is 17.5 Å². The van der Waals surface area contributed by atoms with Gasteiger partial charge in [0.05, 0.1) is 16.7 Å². The average Bonchev–Trinajstić information content (AvgIpc) is 3.66. The second kappa shape index (κ2) is 13.8. The standard InChI is InChI=1S/C55H35N5/c1-5-16-37(17-6-1)53-56-54(38-18-7-2-8-19-38)58-55(57-53)46-28-14-21-39-34-40(30-31-44(39)46)45-27-15-29-48-50(45)47-35-41-22-13-20-36-32-33-59(42-23-9-3-10-24-42)52(49(36)41)51(47)60(48)43-25-11-4-12-26-43/h1-35H. The molecule has 0 unspecified atom stereocenters. The molecule has 0 fully saturated rings. The summed E-state index contributed by atoms with van der Waals surface area (Å²) in [5.74, 6) is 1.94. The van der Waals surface area contributed by atoms with E-state index in [1.807, 2.05) is 60.7 Å². The number of hydrogen-bond acceptors (Lipinski definition) is 4. The Hall–Kier alpha value is -8.15. The van der Waals surface area contributed by atoms with E-state index in [4.69, 9.17) is 15.0 Å². The predicted octanol–water partition coefficient (Wildman–Crippen LogP) is 14.1. The van der Waals surface area contributed by atoms with Gasteiger partial charge in [-0.3, -0.25) is 0 Å². The van der Waals surface area contributed by atoms with E-state index < -0.39 is 0 Å². The van der Waals surface area contributed by atoms with Crippen LogP contribution in [-0.4, -0.2) is 19.5 Å². The van der Waals surface area contributed by atoms with Crippen LogP contribution in [0.2, 0.25) is 0 Å². The molecule has 0 amide bonds. The topological polar surface area (TPSA) is 46.8 Å². The second-order valence-electron chi connectivity index (χ2n) is 15.2. The Bertz CT molecular complexity index is 3410. The number of benzene rings is 9. The third-order valence-corrected chi connectivity index (χ3v) is 11.7. The van der Waals surface area contributed by atoms with Gasteiger partial charge >= 0.3 is 0 Å². The highest BCUT2D eigenvalue weighted by molar-refractivity contribution is 6.26. The van der Waals surface area contributed by atoms with Crippen LogP contribution in [0, 0.1) is 0 Å². The zero-order valence-corrected chi connectivity index (χ0v) is 32.4. The first kappa shape index (κ1) is 33.9. The number of aromatic nitrogens is 4. The summed E-state index contributed by atoms with van der Waals surface area (Å²) in [7, 11) is 0. The van der Waals surface area contributed by atoms with Crippen LogP contribution in [0.15, 0.2) is 206 Å². The van der Waals surface area contributed by atoms with E-state index in [1.165, 1.54) is 43.9 Å². The van der Waals surface area contributed by atoms with E-state index in [2.05, 4.69) is 161 Å². The van der Waals surface area contributed by atoms with Crippen molar-refractivity contribution in [1.29, 1.82) is 0 Å². The molecule has 0 saturated heterocycles. The lowest BCUT2D eigenvalue weighted by Crippen LogP contribution is -2.13. The lowest BCUT2D eigenvalue weighted by molar-refractivity contribution is 1.08.